The first-order valence-corrected chi connectivity index (χ1v) is 7.81. The second-order valence-electron chi connectivity index (χ2n) is 5.83. The zero-order valence-corrected chi connectivity index (χ0v) is 13.6. The molecule has 0 fully saturated rings. The molecular formula is C19H19N3O2. The van der Waals surface area contributed by atoms with Gasteiger partial charge in [0.25, 0.3) is 5.91 Å². The maximum atomic E-state index is 12.7. The van der Waals surface area contributed by atoms with Crippen LogP contribution in [-0.4, -0.2) is 20.8 Å². The fourth-order valence-electron chi connectivity index (χ4n) is 2.38. The van der Waals surface area contributed by atoms with E-state index in [1.165, 1.54) is 6.07 Å². The molecule has 2 N–H and O–H groups in total. The van der Waals surface area contributed by atoms with Crippen molar-refractivity contribution in [2.45, 2.75) is 19.8 Å². The van der Waals surface area contributed by atoms with Crippen molar-refractivity contribution in [2.24, 2.45) is 0 Å². The smallest absolute Gasteiger partial charge is 0.274 e. The van der Waals surface area contributed by atoms with Crippen LogP contribution in [0.3, 0.4) is 0 Å². The second-order valence-corrected chi connectivity index (χ2v) is 5.83. The zero-order chi connectivity index (χ0) is 17.1. The standard InChI is InChI=1S/C19H19N3O2/c1-13(2)16-12-17(22(21-16)14-8-4-3-5-9-14)19(24)20-15-10-6-7-11-18(15)23/h3-13,23H,1-2H3,(H,20,24). The van der Waals surface area contributed by atoms with E-state index in [1.54, 1.807) is 28.9 Å². The van der Waals surface area contributed by atoms with E-state index in [9.17, 15) is 9.90 Å². The number of rotatable bonds is 4. The molecule has 0 aliphatic rings. The Morgan fingerprint density at radius 3 is 2.42 bits per heavy atom. The van der Waals surface area contributed by atoms with Gasteiger partial charge in [0.2, 0.25) is 0 Å². The summed E-state index contributed by atoms with van der Waals surface area (Å²) in [5, 5.41) is 17.1. The molecule has 1 heterocycles. The summed E-state index contributed by atoms with van der Waals surface area (Å²) in [7, 11) is 0. The van der Waals surface area contributed by atoms with Gasteiger partial charge in [-0.2, -0.15) is 5.10 Å². The Labute approximate surface area is 140 Å². The van der Waals surface area contributed by atoms with E-state index in [0.29, 0.717) is 11.4 Å². The van der Waals surface area contributed by atoms with Crippen LogP contribution >= 0.6 is 0 Å². The highest BCUT2D eigenvalue weighted by atomic mass is 16.3. The molecule has 0 aliphatic heterocycles. The van der Waals surface area contributed by atoms with E-state index >= 15 is 0 Å². The molecule has 0 atom stereocenters. The van der Waals surface area contributed by atoms with Crippen molar-refractivity contribution in [1.29, 1.82) is 0 Å². The van der Waals surface area contributed by atoms with Crippen molar-refractivity contribution >= 4 is 11.6 Å². The quantitative estimate of drug-likeness (QED) is 0.715. The van der Waals surface area contributed by atoms with Gasteiger partial charge in [-0.1, -0.05) is 44.2 Å². The number of nitrogens with one attached hydrogen (secondary N) is 1. The average Bonchev–Trinajstić information content (AvgIpc) is 3.03. The van der Waals surface area contributed by atoms with Crippen molar-refractivity contribution in [2.75, 3.05) is 5.32 Å². The molecule has 0 radical (unpaired) electrons. The van der Waals surface area contributed by atoms with Crippen LogP contribution in [0.2, 0.25) is 0 Å². The highest BCUT2D eigenvalue weighted by Crippen LogP contribution is 2.24. The van der Waals surface area contributed by atoms with E-state index in [1.807, 2.05) is 44.2 Å². The molecule has 0 aliphatic carbocycles. The minimum absolute atomic E-state index is 0.0284. The predicted molar refractivity (Wildman–Crippen MR) is 93.7 cm³/mol. The number of aromatic hydroxyl groups is 1. The maximum Gasteiger partial charge on any atom is 0.274 e. The van der Waals surface area contributed by atoms with Crippen LogP contribution in [0.1, 0.15) is 35.9 Å². The zero-order valence-electron chi connectivity index (χ0n) is 13.6. The fraction of sp³-hybridized carbons (Fsp3) is 0.158. The molecule has 0 saturated carbocycles. The third-order valence-electron chi connectivity index (χ3n) is 3.71. The molecule has 1 aromatic heterocycles. The normalized spacial score (nSPS) is 10.8. The summed E-state index contributed by atoms with van der Waals surface area (Å²) in [4.78, 5) is 12.7. The van der Waals surface area contributed by atoms with Crippen LogP contribution in [-0.2, 0) is 0 Å². The number of hydrogen-bond donors (Lipinski definition) is 2. The first-order valence-electron chi connectivity index (χ1n) is 7.81. The van der Waals surface area contributed by atoms with E-state index in [0.717, 1.165) is 11.4 Å². The lowest BCUT2D eigenvalue weighted by atomic mass is 10.1. The summed E-state index contributed by atoms with van der Waals surface area (Å²) in [5.41, 5.74) is 2.44. The molecule has 0 unspecified atom stereocenters. The van der Waals surface area contributed by atoms with E-state index < -0.39 is 0 Å². The Kier molecular flexibility index (Phi) is 4.33. The minimum atomic E-state index is -0.320. The van der Waals surface area contributed by atoms with Gasteiger partial charge in [-0.25, -0.2) is 4.68 Å². The number of aromatic nitrogens is 2. The molecule has 2 aromatic carbocycles. The van der Waals surface area contributed by atoms with E-state index in [-0.39, 0.29) is 17.6 Å². The number of phenols is 1. The Hall–Kier alpha value is -3.08. The summed E-state index contributed by atoms with van der Waals surface area (Å²) in [6.07, 6.45) is 0. The first-order chi connectivity index (χ1) is 11.6. The summed E-state index contributed by atoms with van der Waals surface area (Å²) in [6.45, 7) is 4.06. The number of hydrogen-bond acceptors (Lipinski definition) is 3. The number of carbonyl (C=O) groups is 1. The third-order valence-corrected chi connectivity index (χ3v) is 3.71. The van der Waals surface area contributed by atoms with Crippen LogP contribution in [0.25, 0.3) is 5.69 Å². The number of para-hydroxylation sites is 3. The summed E-state index contributed by atoms with van der Waals surface area (Å²) < 4.78 is 1.63. The number of nitrogens with zero attached hydrogens (tertiary/aromatic N) is 2. The lowest BCUT2D eigenvalue weighted by molar-refractivity contribution is 0.101. The van der Waals surface area contributed by atoms with Crippen molar-refractivity contribution in [3.8, 4) is 11.4 Å². The Bertz CT molecular complexity index is 854. The summed E-state index contributed by atoms with van der Waals surface area (Å²) >= 11 is 0. The van der Waals surface area contributed by atoms with Gasteiger partial charge in [0.1, 0.15) is 11.4 Å². The highest BCUT2D eigenvalue weighted by molar-refractivity contribution is 6.04. The number of benzene rings is 2. The first kappa shape index (κ1) is 15.8. The van der Waals surface area contributed by atoms with E-state index in [2.05, 4.69) is 10.4 Å². The van der Waals surface area contributed by atoms with Gasteiger partial charge < -0.3 is 10.4 Å². The number of amides is 1. The average molecular weight is 321 g/mol. The van der Waals surface area contributed by atoms with Crippen LogP contribution in [0.4, 0.5) is 5.69 Å². The van der Waals surface area contributed by atoms with E-state index in [4.69, 9.17) is 0 Å². The van der Waals surface area contributed by atoms with Crippen molar-refractivity contribution in [3.05, 3.63) is 72.1 Å². The highest BCUT2D eigenvalue weighted by Gasteiger charge is 2.19. The molecule has 122 valence electrons. The van der Waals surface area contributed by atoms with Crippen molar-refractivity contribution < 1.29 is 9.90 Å². The van der Waals surface area contributed by atoms with Crippen LogP contribution in [0.5, 0.6) is 5.75 Å². The van der Waals surface area contributed by atoms with Crippen LogP contribution < -0.4 is 5.32 Å². The molecule has 3 rings (SSSR count). The van der Waals surface area contributed by atoms with Gasteiger partial charge in [0.05, 0.1) is 17.1 Å². The fourth-order valence-corrected chi connectivity index (χ4v) is 2.38. The lowest BCUT2D eigenvalue weighted by Gasteiger charge is -2.09. The molecule has 3 aromatic rings. The summed E-state index contributed by atoms with van der Waals surface area (Å²) in [5.74, 6) is -0.0906. The number of anilines is 1. The molecule has 5 nitrogen and oxygen atoms in total. The molecule has 0 bridgehead atoms. The molecule has 5 heteroatoms. The SMILES string of the molecule is CC(C)c1cc(C(=O)Nc2ccccc2O)n(-c2ccccc2)n1. The third kappa shape index (κ3) is 3.15. The van der Waals surface area contributed by atoms with Gasteiger partial charge >= 0.3 is 0 Å². The summed E-state index contributed by atoms with van der Waals surface area (Å²) in [6, 6.07) is 17.9. The molecule has 0 saturated heterocycles. The topological polar surface area (TPSA) is 67.2 Å². The van der Waals surface area contributed by atoms with Crippen LogP contribution in [0, 0.1) is 0 Å². The lowest BCUT2D eigenvalue weighted by Crippen LogP contribution is -2.17. The van der Waals surface area contributed by atoms with Gasteiger partial charge in [-0.05, 0) is 36.2 Å². The van der Waals surface area contributed by atoms with Crippen LogP contribution in [0.15, 0.2) is 60.7 Å². The molecule has 24 heavy (non-hydrogen) atoms. The van der Waals surface area contributed by atoms with Gasteiger partial charge in [-0.15, -0.1) is 0 Å². The predicted octanol–water partition coefficient (Wildman–Crippen LogP) is 3.95. The van der Waals surface area contributed by atoms with Gasteiger partial charge in [0, 0.05) is 0 Å². The van der Waals surface area contributed by atoms with Gasteiger partial charge in [-0.3, -0.25) is 4.79 Å². The number of phenolic OH excluding ortho intramolecular Hbond substituents is 1. The van der Waals surface area contributed by atoms with Gasteiger partial charge in [0.15, 0.2) is 0 Å². The Morgan fingerprint density at radius 2 is 1.75 bits per heavy atom. The molecule has 0 spiro atoms. The minimum Gasteiger partial charge on any atom is -0.506 e. The Morgan fingerprint density at radius 1 is 1.08 bits per heavy atom. The number of carbonyl (C=O) groups excluding carboxylic acids is 1. The van der Waals surface area contributed by atoms with Crippen molar-refractivity contribution in [1.82, 2.24) is 9.78 Å². The largest absolute Gasteiger partial charge is 0.506 e. The monoisotopic (exact) mass is 321 g/mol. The van der Waals surface area contributed by atoms with Crippen molar-refractivity contribution in [3.63, 3.8) is 0 Å². The molecule has 1 amide bonds. The second kappa shape index (κ2) is 6.58. The molecular weight excluding hydrogens is 302 g/mol. The maximum absolute atomic E-state index is 12.7. The Balaban J connectivity index is 2.00.